The first kappa shape index (κ1) is 16.1. The molecule has 5 nitrogen and oxygen atoms in total. The van der Waals surface area contributed by atoms with Crippen molar-refractivity contribution in [3.8, 4) is 0 Å². The molecule has 0 aliphatic heterocycles. The van der Waals surface area contributed by atoms with E-state index in [1.54, 1.807) is 12.1 Å². The number of nitrogens with one attached hydrogen (secondary N) is 2. The highest BCUT2D eigenvalue weighted by Crippen LogP contribution is 2.31. The largest absolute Gasteiger partial charge is 0.397 e. The Bertz CT molecular complexity index is 781. The second-order valence-electron chi connectivity index (χ2n) is 4.21. The number of halogens is 2. The molecule has 8 heteroatoms. The van der Waals surface area contributed by atoms with Gasteiger partial charge in [-0.2, -0.15) is 0 Å². The normalized spacial score (nSPS) is 11.4. The lowest BCUT2D eigenvalue weighted by molar-refractivity contribution is 0.588. The van der Waals surface area contributed by atoms with E-state index in [2.05, 4.69) is 26.0 Å². The van der Waals surface area contributed by atoms with Crippen molar-refractivity contribution in [3.05, 3.63) is 45.9 Å². The highest BCUT2D eigenvalue weighted by Gasteiger charge is 2.13. The summed E-state index contributed by atoms with van der Waals surface area (Å²) in [5.74, 6) is 0. The minimum Gasteiger partial charge on any atom is -0.397 e. The Morgan fingerprint density at radius 3 is 2.48 bits per heavy atom. The van der Waals surface area contributed by atoms with Crippen LogP contribution in [0.2, 0.25) is 5.02 Å². The van der Waals surface area contributed by atoms with Crippen LogP contribution in [-0.2, 0) is 10.0 Å². The van der Waals surface area contributed by atoms with Crippen LogP contribution in [0.15, 0.2) is 45.8 Å². The Hall–Kier alpha value is -1.28. The number of nitrogen functional groups attached to an aromatic ring is 1. The van der Waals surface area contributed by atoms with Crippen molar-refractivity contribution in [3.63, 3.8) is 0 Å². The van der Waals surface area contributed by atoms with Crippen LogP contribution in [0.3, 0.4) is 0 Å². The van der Waals surface area contributed by atoms with E-state index in [0.29, 0.717) is 22.1 Å². The molecule has 0 aliphatic carbocycles. The van der Waals surface area contributed by atoms with Gasteiger partial charge in [0.2, 0.25) is 10.0 Å². The zero-order chi connectivity index (χ0) is 15.6. The molecule has 0 saturated carbocycles. The first-order chi connectivity index (χ1) is 9.83. The quantitative estimate of drug-likeness (QED) is 0.699. The van der Waals surface area contributed by atoms with Crippen molar-refractivity contribution in [1.82, 2.24) is 4.72 Å². The van der Waals surface area contributed by atoms with Gasteiger partial charge in [0.1, 0.15) is 0 Å². The molecule has 0 unspecified atom stereocenters. The Morgan fingerprint density at radius 2 is 1.86 bits per heavy atom. The maximum absolute atomic E-state index is 11.8. The van der Waals surface area contributed by atoms with Gasteiger partial charge in [0.15, 0.2) is 0 Å². The fraction of sp³-hybridized carbons (Fsp3) is 0.0769. The molecule has 0 fully saturated rings. The molecule has 2 aromatic carbocycles. The molecule has 2 rings (SSSR count). The van der Waals surface area contributed by atoms with E-state index in [1.165, 1.54) is 25.2 Å². The van der Waals surface area contributed by atoms with Crippen molar-refractivity contribution >= 4 is 54.6 Å². The molecule has 0 radical (unpaired) electrons. The Balaban J connectivity index is 2.42. The number of hydrogen-bond donors (Lipinski definition) is 3. The van der Waals surface area contributed by atoms with Crippen LogP contribution in [-0.4, -0.2) is 15.5 Å². The topological polar surface area (TPSA) is 84.2 Å². The van der Waals surface area contributed by atoms with E-state index >= 15 is 0 Å². The Morgan fingerprint density at radius 1 is 1.14 bits per heavy atom. The highest BCUT2D eigenvalue weighted by molar-refractivity contribution is 9.10. The number of nitrogens with two attached hydrogens (primary N) is 1. The summed E-state index contributed by atoms with van der Waals surface area (Å²) in [5.41, 5.74) is 7.39. The smallest absolute Gasteiger partial charge is 0.240 e. The molecule has 0 aliphatic rings. The van der Waals surface area contributed by atoms with Gasteiger partial charge in [0.05, 0.1) is 27.0 Å². The van der Waals surface area contributed by atoms with Crippen LogP contribution in [0.4, 0.5) is 17.1 Å². The van der Waals surface area contributed by atoms with E-state index < -0.39 is 10.0 Å². The van der Waals surface area contributed by atoms with Crippen LogP contribution in [0.5, 0.6) is 0 Å². The third-order valence-corrected chi connectivity index (χ3v) is 5.02. The Kier molecular flexibility index (Phi) is 4.77. The third-order valence-electron chi connectivity index (χ3n) is 2.80. The van der Waals surface area contributed by atoms with Crippen LogP contribution < -0.4 is 15.8 Å². The molecular weight excluding hydrogens is 378 g/mol. The maximum Gasteiger partial charge on any atom is 0.240 e. The van der Waals surface area contributed by atoms with E-state index in [0.717, 1.165) is 4.47 Å². The molecule has 4 N–H and O–H groups in total. The van der Waals surface area contributed by atoms with E-state index in [4.69, 9.17) is 17.3 Å². The second kappa shape index (κ2) is 6.23. The fourth-order valence-corrected chi connectivity index (χ4v) is 3.14. The molecule has 0 heterocycles. The molecule has 21 heavy (non-hydrogen) atoms. The van der Waals surface area contributed by atoms with Crippen LogP contribution in [0.25, 0.3) is 0 Å². The fourth-order valence-electron chi connectivity index (χ4n) is 1.66. The summed E-state index contributed by atoms with van der Waals surface area (Å²) in [4.78, 5) is 0.120. The second-order valence-corrected chi connectivity index (χ2v) is 7.42. The molecule has 0 atom stereocenters. The summed E-state index contributed by atoms with van der Waals surface area (Å²) < 4.78 is 26.7. The molecule has 0 amide bonds. The minimum atomic E-state index is -3.53. The number of sulfonamides is 1. The summed E-state index contributed by atoms with van der Waals surface area (Å²) in [5, 5.41) is 3.53. The molecule has 0 spiro atoms. The van der Waals surface area contributed by atoms with E-state index in [-0.39, 0.29) is 4.90 Å². The standard InChI is InChI=1S/C13H13BrClN3O2S/c1-17-21(19,20)9-3-4-11(16)13(7-9)18-12-5-2-8(14)6-10(12)15/h2-7,17-18H,16H2,1H3. The van der Waals surface area contributed by atoms with Gasteiger partial charge in [0.25, 0.3) is 0 Å². The van der Waals surface area contributed by atoms with E-state index in [9.17, 15) is 8.42 Å². The average molecular weight is 391 g/mol. The van der Waals surface area contributed by atoms with Crippen LogP contribution in [0, 0.1) is 0 Å². The number of benzene rings is 2. The molecule has 0 saturated heterocycles. The third kappa shape index (κ3) is 3.68. The van der Waals surface area contributed by atoms with E-state index in [1.807, 2.05) is 6.07 Å². The summed E-state index contributed by atoms with van der Waals surface area (Å²) in [6, 6.07) is 9.74. The van der Waals surface area contributed by atoms with Gasteiger partial charge in [-0.15, -0.1) is 0 Å². The average Bonchev–Trinajstić information content (AvgIpc) is 2.43. The number of hydrogen-bond acceptors (Lipinski definition) is 4. The van der Waals surface area contributed by atoms with Gasteiger partial charge >= 0.3 is 0 Å². The van der Waals surface area contributed by atoms with Gasteiger partial charge in [-0.25, -0.2) is 13.1 Å². The molecular formula is C13H13BrClN3O2S. The number of rotatable bonds is 4. The summed E-state index contributed by atoms with van der Waals surface area (Å²) in [6.07, 6.45) is 0. The Labute approximate surface area is 136 Å². The minimum absolute atomic E-state index is 0.120. The van der Waals surface area contributed by atoms with Gasteiger partial charge in [-0.3, -0.25) is 0 Å². The summed E-state index contributed by atoms with van der Waals surface area (Å²) in [6.45, 7) is 0. The zero-order valence-electron chi connectivity index (χ0n) is 11.0. The van der Waals surface area contributed by atoms with Crippen molar-refractivity contribution in [2.24, 2.45) is 0 Å². The van der Waals surface area contributed by atoms with Gasteiger partial charge in [0, 0.05) is 4.47 Å². The lowest BCUT2D eigenvalue weighted by Crippen LogP contribution is -2.18. The first-order valence-electron chi connectivity index (χ1n) is 5.88. The molecule has 112 valence electrons. The summed E-state index contributed by atoms with van der Waals surface area (Å²) >= 11 is 9.44. The van der Waals surface area contributed by atoms with Crippen molar-refractivity contribution in [2.75, 3.05) is 18.1 Å². The number of anilines is 3. The predicted molar refractivity (Wildman–Crippen MR) is 89.5 cm³/mol. The molecule has 2 aromatic rings. The molecule has 0 aromatic heterocycles. The summed E-state index contributed by atoms with van der Waals surface area (Å²) in [7, 11) is -2.18. The first-order valence-corrected chi connectivity index (χ1v) is 8.54. The van der Waals surface area contributed by atoms with Crippen LogP contribution >= 0.6 is 27.5 Å². The lowest BCUT2D eigenvalue weighted by atomic mass is 10.2. The highest BCUT2D eigenvalue weighted by atomic mass is 79.9. The van der Waals surface area contributed by atoms with Gasteiger partial charge in [-0.1, -0.05) is 27.5 Å². The predicted octanol–water partition coefficient (Wildman–Crippen LogP) is 3.34. The molecule has 0 bridgehead atoms. The van der Waals surface area contributed by atoms with Crippen molar-refractivity contribution < 1.29 is 8.42 Å². The van der Waals surface area contributed by atoms with Crippen molar-refractivity contribution in [1.29, 1.82) is 0 Å². The van der Waals surface area contributed by atoms with Crippen LogP contribution in [0.1, 0.15) is 0 Å². The lowest BCUT2D eigenvalue weighted by Gasteiger charge is -2.13. The SMILES string of the molecule is CNS(=O)(=O)c1ccc(N)c(Nc2ccc(Br)cc2Cl)c1. The maximum atomic E-state index is 11.8. The monoisotopic (exact) mass is 389 g/mol. The van der Waals surface area contributed by atoms with Gasteiger partial charge in [-0.05, 0) is 43.4 Å². The zero-order valence-corrected chi connectivity index (χ0v) is 14.2. The van der Waals surface area contributed by atoms with Crippen molar-refractivity contribution in [2.45, 2.75) is 4.90 Å². The van der Waals surface area contributed by atoms with Gasteiger partial charge < -0.3 is 11.1 Å².